The average molecular weight is 331 g/mol. The Morgan fingerprint density at radius 3 is 2.35 bits per heavy atom. The van der Waals surface area contributed by atoms with Gasteiger partial charge in [0.05, 0.1) is 5.75 Å². The van der Waals surface area contributed by atoms with Gasteiger partial charge in [0, 0.05) is 11.4 Å². The third-order valence-corrected chi connectivity index (χ3v) is 3.83. The van der Waals surface area contributed by atoms with Crippen molar-refractivity contribution in [1.29, 1.82) is 0 Å². The number of benzene rings is 1. The molecule has 1 amide bonds. The molecule has 6 nitrogen and oxygen atoms in total. The van der Waals surface area contributed by atoms with Crippen molar-refractivity contribution in [2.45, 2.75) is 25.0 Å². The predicted molar refractivity (Wildman–Crippen MR) is 87.2 cm³/mol. The molecule has 1 aromatic heterocycles. The largest absolute Gasteiger partial charge is 0.479 e. The first-order chi connectivity index (χ1) is 11.0. The molecule has 0 aliphatic rings. The number of nitrogens with zero attached hydrogens (tertiary/aromatic N) is 2. The zero-order valence-corrected chi connectivity index (χ0v) is 13.6. The Kier molecular flexibility index (Phi) is 5.70. The molecule has 2 N–H and O–H groups in total. The fourth-order valence-corrected chi connectivity index (χ4v) is 2.78. The number of hydrogen-bond donors (Lipinski definition) is 2. The monoisotopic (exact) mass is 331 g/mol. The van der Waals surface area contributed by atoms with Crippen LogP contribution in [0.15, 0.2) is 41.6 Å². The lowest BCUT2D eigenvalue weighted by atomic mass is 10.1. The van der Waals surface area contributed by atoms with Crippen LogP contribution in [0.4, 0.5) is 0 Å². The molecule has 120 valence electrons. The summed E-state index contributed by atoms with van der Waals surface area (Å²) in [6.45, 7) is 3.71. The maximum atomic E-state index is 12.0. The van der Waals surface area contributed by atoms with Gasteiger partial charge in [0.1, 0.15) is 0 Å². The van der Waals surface area contributed by atoms with Gasteiger partial charge in [-0.2, -0.15) is 0 Å². The second kappa shape index (κ2) is 7.73. The van der Waals surface area contributed by atoms with E-state index in [1.165, 1.54) is 11.8 Å². The highest BCUT2D eigenvalue weighted by Gasteiger charge is 2.21. The molecule has 0 bridgehead atoms. The fourth-order valence-electron chi connectivity index (χ4n) is 2.02. The minimum atomic E-state index is -1.10. The Balaban J connectivity index is 1.98. The molecule has 0 unspecified atom stereocenters. The molecule has 0 saturated carbocycles. The minimum absolute atomic E-state index is 0.0551. The number of aryl methyl sites for hydroxylation is 2. The van der Waals surface area contributed by atoms with Crippen LogP contribution in [0.3, 0.4) is 0 Å². The number of carbonyl (C=O) groups excluding carboxylic acids is 1. The Hall–Kier alpha value is -2.41. The van der Waals surface area contributed by atoms with Crippen LogP contribution in [-0.2, 0) is 9.59 Å². The molecule has 2 aromatic rings. The number of aliphatic carboxylic acids is 1. The van der Waals surface area contributed by atoms with Crippen LogP contribution >= 0.6 is 11.8 Å². The summed E-state index contributed by atoms with van der Waals surface area (Å²) in [5.74, 6) is -1.43. The van der Waals surface area contributed by atoms with E-state index in [0.29, 0.717) is 10.7 Å². The van der Waals surface area contributed by atoms with Gasteiger partial charge in [-0.15, -0.1) is 0 Å². The maximum absolute atomic E-state index is 12.0. The smallest absolute Gasteiger partial charge is 0.330 e. The predicted octanol–water partition coefficient (Wildman–Crippen LogP) is 2.13. The average Bonchev–Trinajstić information content (AvgIpc) is 2.50. The third kappa shape index (κ3) is 5.07. The molecule has 7 heteroatoms. The summed E-state index contributed by atoms with van der Waals surface area (Å²) in [5, 5.41) is 12.3. The Morgan fingerprint density at radius 1 is 1.17 bits per heavy atom. The summed E-state index contributed by atoms with van der Waals surface area (Å²) in [6.07, 6.45) is 0. The van der Waals surface area contributed by atoms with E-state index in [-0.39, 0.29) is 11.7 Å². The van der Waals surface area contributed by atoms with E-state index in [2.05, 4.69) is 15.3 Å². The third-order valence-electron chi connectivity index (χ3n) is 2.98. The molecular formula is C16H17N3O3S. The summed E-state index contributed by atoms with van der Waals surface area (Å²) in [4.78, 5) is 31.8. The molecule has 0 fully saturated rings. The number of nitrogens with one attached hydrogen (secondary N) is 1. The molecule has 0 aliphatic heterocycles. The molecule has 0 radical (unpaired) electrons. The fraction of sp³-hybridized carbons (Fsp3) is 0.250. The SMILES string of the molecule is Cc1cc(C)nc(SCC(=O)N[C@@H](C(=O)O)c2ccccc2)n1. The van der Waals surface area contributed by atoms with E-state index in [1.54, 1.807) is 30.3 Å². The molecule has 2 rings (SSSR count). The summed E-state index contributed by atoms with van der Waals surface area (Å²) in [5.41, 5.74) is 2.18. The van der Waals surface area contributed by atoms with Crippen LogP contribution in [0.25, 0.3) is 0 Å². The first kappa shape index (κ1) is 17.0. The first-order valence-corrected chi connectivity index (χ1v) is 7.96. The standard InChI is InChI=1S/C16H17N3O3S/c1-10-8-11(2)18-16(17-10)23-9-13(20)19-14(15(21)22)12-6-4-3-5-7-12/h3-8,14H,9H2,1-2H3,(H,19,20)(H,21,22)/t14-/m1/s1. The molecule has 0 aliphatic carbocycles. The highest BCUT2D eigenvalue weighted by Crippen LogP contribution is 2.16. The first-order valence-electron chi connectivity index (χ1n) is 6.98. The molecule has 0 spiro atoms. The lowest BCUT2D eigenvalue weighted by Crippen LogP contribution is -2.34. The lowest BCUT2D eigenvalue weighted by Gasteiger charge is -2.14. The van der Waals surface area contributed by atoms with E-state index >= 15 is 0 Å². The second-order valence-corrected chi connectivity index (χ2v) is 5.91. The number of thioether (sulfide) groups is 1. The van der Waals surface area contributed by atoms with Crippen LogP contribution in [0.2, 0.25) is 0 Å². The van der Waals surface area contributed by atoms with Crippen molar-refractivity contribution in [2.75, 3.05) is 5.75 Å². The van der Waals surface area contributed by atoms with Gasteiger partial charge in [-0.3, -0.25) is 4.79 Å². The number of rotatable bonds is 6. The number of carbonyl (C=O) groups is 2. The van der Waals surface area contributed by atoms with Gasteiger partial charge in [0.2, 0.25) is 5.91 Å². The minimum Gasteiger partial charge on any atom is -0.479 e. The Labute approximate surface area is 138 Å². The number of aromatic nitrogens is 2. The van der Waals surface area contributed by atoms with E-state index in [9.17, 15) is 14.7 Å². The van der Waals surface area contributed by atoms with Gasteiger partial charge >= 0.3 is 5.97 Å². The Bertz CT molecular complexity index is 687. The normalized spacial score (nSPS) is 11.7. The van der Waals surface area contributed by atoms with Crippen molar-refractivity contribution >= 4 is 23.6 Å². The van der Waals surface area contributed by atoms with Gasteiger partial charge in [0.25, 0.3) is 0 Å². The molecule has 1 atom stereocenters. The maximum Gasteiger partial charge on any atom is 0.330 e. The van der Waals surface area contributed by atoms with Crippen LogP contribution in [0.5, 0.6) is 0 Å². The van der Waals surface area contributed by atoms with Gasteiger partial charge < -0.3 is 10.4 Å². The van der Waals surface area contributed by atoms with Crippen LogP contribution in [0, 0.1) is 13.8 Å². The summed E-state index contributed by atoms with van der Waals surface area (Å²) >= 11 is 1.18. The van der Waals surface area contributed by atoms with Gasteiger partial charge in [-0.1, -0.05) is 42.1 Å². The molecule has 0 saturated heterocycles. The molecule has 1 aromatic carbocycles. The topological polar surface area (TPSA) is 92.2 Å². The van der Waals surface area contributed by atoms with Crippen molar-refractivity contribution in [2.24, 2.45) is 0 Å². The summed E-state index contributed by atoms with van der Waals surface area (Å²) in [6, 6.07) is 9.37. The molecular weight excluding hydrogens is 314 g/mol. The van der Waals surface area contributed by atoms with Crippen molar-refractivity contribution in [1.82, 2.24) is 15.3 Å². The molecule has 23 heavy (non-hydrogen) atoms. The second-order valence-electron chi connectivity index (χ2n) is 4.97. The number of carboxylic acid groups (broad SMARTS) is 1. The van der Waals surface area contributed by atoms with E-state index in [4.69, 9.17) is 0 Å². The summed E-state index contributed by atoms with van der Waals surface area (Å²) < 4.78 is 0. The van der Waals surface area contributed by atoms with Crippen LogP contribution < -0.4 is 5.32 Å². The lowest BCUT2D eigenvalue weighted by molar-refractivity contribution is -0.141. The van der Waals surface area contributed by atoms with Gasteiger partial charge in [0.15, 0.2) is 11.2 Å². The van der Waals surface area contributed by atoms with Crippen LogP contribution in [0.1, 0.15) is 23.0 Å². The highest BCUT2D eigenvalue weighted by atomic mass is 32.2. The van der Waals surface area contributed by atoms with Crippen molar-refractivity contribution in [3.8, 4) is 0 Å². The van der Waals surface area contributed by atoms with Crippen molar-refractivity contribution < 1.29 is 14.7 Å². The summed E-state index contributed by atoms with van der Waals surface area (Å²) in [7, 11) is 0. The highest BCUT2D eigenvalue weighted by molar-refractivity contribution is 7.99. The number of carboxylic acids is 1. The van der Waals surface area contributed by atoms with Crippen molar-refractivity contribution in [3.05, 3.63) is 53.3 Å². The van der Waals surface area contributed by atoms with E-state index < -0.39 is 12.0 Å². The van der Waals surface area contributed by atoms with Gasteiger partial charge in [-0.05, 0) is 25.5 Å². The Morgan fingerprint density at radius 2 is 1.78 bits per heavy atom. The zero-order chi connectivity index (χ0) is 16.8. The van der Waals surface area contributed by atoms with Gasteiger partial charge in [-0.25, -0.2) is 14.8 Å². The molecule has 1 heterocycles. The van der Waals surface area contributed by atoms with Crippen LogP contribution in [-0.4, -0.2) is 32.7 Å². The van der Waals surface area contributed by atoms with Crippen molar-refractivity contribution in [3.63, 3.8) is 0 Å². The number of hydrogen-bond acceptors (Lipinski definition) is 5. The zero-order valence-electron chi connectivity index (χ0n) is 12.8. The quantitative estimate of drug-likeness (QED) is 0.622. The van der Waals surface area contributed by atoms with E-state index in [0.717, 1.165) is 11.4 Å². The van der Waals surface area contributed by atoms with E-state index in [1.807, 2.05) is 19.9 Å². The number of amides is 1.